The fraction of sp³-hybridized carbons (Fsp3) is 0.591. The number of halogens is 1. The van der Waals surface area contributed by atoms with E-state index in [4.69, 9.17) is 4.74 Å². The summed E-state index contributed by atoms with van der Waals surface area (Å²) in [5, 5.41) is 0. The Morgan fingerprint density at radius 3 is 2.43 bits per heavy atom. The van der Waals surface area contributed by atoms with Gasteiger partial charge in [-0.3, -0.25) is 9.62 Å². The van der Waals surface area contributed by atoms with Crippen LogP contribution >= 0.6 is 10.2 Å². The van der Waals surface area contributed by atoms with Gasteiger partial charge in [0.05, 0.1) is 0 Å². The van der Waals surface area contributed by atoms with Gasteiger partial charge >= 0.3 is 0 Å². The van der Waals surface area contributed by atoms with Crippen LogP contribution in [0.15, 0.2) is 52.8 Å². The summed E-state index contributed by atoms with van der Waals surface area (Å²) in [4.78, 5) is 7.16. The molecule has 0 aliphatic carbocycles. The summed E-state index contributed by atoms with van der Waals surface area (Å²) in [5.74, 6) is -0.595. The molecule has 0 aromatic rings. The van der Waals surface area contributed by atoms with Crippen molar-refractivity contribution in [1.29, 1.82) is 0 Å². The van der Waals surface area contributed by atoms with Crippen molar-refractivity contribution in [3.63, 3.8) is 0 Å². The van der Waals surface area contributed by atoms with Crippen LogP contribution in [-0.4, -0.2) is 57.1 Å². The molecule has 6 heteroatoms. The second-order valence-electron chi connectivity index (χ2n) is 7.25. The molecule has 1 N–H and O–H groups in total. The van der Waals surface area contributed by atoms with E-state index in [0.717, 1.165) is 19.4 Å². The van der Waals surface area contributed by atoms with Gasteiger partial charge in [0.25, 0.3) is 0 Å². The number of nitrogens with one attached hydrogen (secondary N) is 1. The van der Waals surface area contributed by atoms with Crippen LogP contribution < -0.4 is 4.72 Å². The Morgan fingerprint density at radius 1 is 1.32 bits per heavy atom. The predicted octanol–water partition coefficient (Wildman–Crippen LogP) is 5.57. The van der Waals surface area contributed by atoms with E-state index in [0.29, 0.717) is 11.5 Å². The van der Waals surface area contributed by atoms with Crippen molar-refractivity contribution in [3.05, 3.63) is 47.8 Å². The van der Waals surface area contributed by atoms with Crippen molar-refractivity contribution in [2.24, 2.45) is 4.99 Å². The van der Waals surface area contributed by atoms with Crippen LogP contribution in [0.25, 0.3) is 0 Å². The summed E-state index contributed by atoms with van der Waals surface area (Å²) < 4.78 is 22.8. The Bertz CT molecular complexity index is 584. The maximum absolute atomic E-state index is 14.0. The molecule has 1 atom stereocenters. The Morgan fingerprint density at radius 2 is 1.96 bits per heavy atom. The fourth-order valence-corrected chi connectivity index (χ4v) is 4.00. The standard InChI is InChI=1S/C22H40FN3OS/c1-10-13-14-18(4)15-26(7)20(11-2)16-27-17-25-22(19(5)23)21(12-3)28(8,9)24-6/h12,17,20,24H,3-5,10-11,13-16H2,1-2,6-9H3/b22-21-,25-17?. The highest BCUT2D eigenvalue weighted by Gasteiger charge is 2.19. The van der Waals surface area contributed by atoms with Crippen molar-refractivity contribution >= 4 is 16.6 Å². The van der Waals surface area contributed by atoms with E-state index in [1.165, 1.54) is 24.8 Å². The minimum atomic E-state index is -1.42. The van der Waals surface area contributed by atoms with Gasteiger partial charge in [0.1, 0.15) is 18.1 Å². The molecule has 162 valence electrons. The van der Waals surface area contributed by atoms with Crippen molar-refractivity contribution in [2.45, 2.75) is 45.6 Å². The molecule has 0 aliphatic rings. The molecule has 0 saturated carbocycles. The number of aliphatic imine (C=N–C) groups is 1. The van der Waals surface area contributed by atoms with Crippen molar-refractivity contribution in [1.82, 2.24) is 9.62 Å². The maximum atomic E-state index is 14.0. The van der Waals surface area contributed by atoms with Crippen LogP contribution in [0.4, 0.5) is 4.39 Å². The third-order valence-corrected chi connectivity index (χ3v) is 7.21. The highest BCUT2D eigenvalue weighted by atomic mass is 32.3. The van der Waals surface area contributed by atoms with Gasteiger partial charge in [0, 0.05) is 17.5 Å². The molecule has 0 aliphatic heterocycles. The predicted molar refractivity (Wildman–Crippen MR) is 126 cm³/mol. The van der Waals surface area contributed by atoms with Gasteiger partial charge in [-0.25, -0.2) is 9.38 Å². The highest BCUT2D eigenvalue weighted by molar-refractivity contribution is 8.34. The first kappa shape index (κ1) is 26.6. The molecule has 0 amide bonds. The maximum Gasteiger partial charge on any atom is 0.174 e. The average Bonchev–Trinajstić information content (AvgIpc) is 2.64. The summed E-state index contributed by atoms with van der Waals surface area (Å²) in [6, 6.07) is 0.240. The van der Waals surface area contributed by atoms with Gasteiger partial charge in [0.15, 0.2) is 6.40 Å². The smallest absolute Gasteiger partial charge is 0.174 e. The average molecular weight is 414 g/mol. The quantitative estimate of drug-likeness (QED) is 0.165. The summed E-state index contributed by atoms with van der Waals surface area (Å²) in [6.45, 7) is 17.0. The number of nitrogens with zero attached hydrogens (tertiary/aromatic N) is 2. The van der Waals surface area contributed by atoms with Gasteiger partial charge in [-0.15, -0.1) is 0 Å². The normalized spacial score (nSPS) is 14.7. The Labute approximate surface area is 173 Å². The first-order chi connectivity index (χ1) is 13.1. The zero-order valence-electron chi connectivity index (χ0n) is 18.7. The lowest BCUT2D eigenvalue weighted by Gasteiger charge is -2.32. The van der Waals surface area contributed by atoms with E-state index in [1.54, 1.807) is 6.08 Å². The van der Waals surface area contributed by atoms with Gasteiger partial charge in [-0.2, -0.15) is 10.2 Å². The molecule has 0 spiro atoms. The first-order valence-electron chi connectivity index (χ1n) is 9.78. The van der Waals surface area contributed by atoms with E-state index >= 15 is 0 Å². The summed E-state index contributed by atoms with van der Waals surface area (Å²) in [7, 11) is 2.50. The summed E-state index contributed by atoms with van der Waals surface area (Å²) in [6.07, 6.45) is 11.3. The van der Waals surface area contributed by atoms with E-state index in [2.05, 4.69) is 55.2 Å². The molecule has 0 heterocycles. The molecule has 0 rings (SSSR count). The lowest BCUT2D eigenvalue weighted by atomic mass is 10.1. The Hall–Kier alpha value is -1.37. The third-order valence-electron chi connectivity index (χ3n) is 4.73. The van der Waals surface area contributed by atoms with Crippen LogP contribution in [0.5, 0.6) is 0 Å². The number of unbranched alkanes of at least 4 members (excludes halogenated alkanes) is 1. The number of likely N-dealkylation sites (N-methyl/N-ethyl adjacent to an activating group) is 1. The van der Waals surface area contributed by atoms with Crippen LogP contribution in [-0.2, 0) is 4.74 Å². The van der Waals surface area contributed by atoms with Gasteiger partial charge in [-0.1, -0.05) is 51.7 Å². The van der Waals surface area contributed by atoms with E-state index < -0.39 is 16.0 Å². The molecule has 4 nitrogen and oxygen atoms in total. The largest absolute Gasteiger partial charge is 0.481 e. The highest BCUT2D eigenvalue weighted by Crippen LogP contribution is 2.47. The number of rotatable bonds is 15. The zero-order chi connectivity index (χ0) is 21.7. The first-order valence-corrected chi connectivity index (χ1v) is 12.2. The van der Waals surface area contributed by atoms with Gasteiger partial charge < -0.3 is 4.74 Å². The van der Waals surface area contributed by atoms with Crippen molar-refractivity contribution in [2.75, 3.05) is 39.8 Å². The van der Waals surface area contributed by atoms with Crippen LogP contribution in [0, 0.1) is 0 Å². The molecular weight excluding hydrogens is 373 g/mol. The van der Waals surface area contributed by atoms with Crippen LogP contribution in [0.2, 0.25) is 0 Å². The van der Waals surface area contributed by atoms with Crippen molar-refractivity contribution < 1.29 is 9.13 Å². The number of hydrogen-bond acceptors (Lipinski definition) is 4. The molecule has 0 aromatic carbocycles. The van der Waals surface area contributed by atoms with Crippen LogP contribution in [0.1, 0.15) is 39.5 Å². The van der Waals surface area contributed by atoms with E-state index in [9.17, 15) is 4.39 Å². The van der Waals surface area contributed by atoms with Crippen LogP contribution in [0.3, 0.4) is 0 Å². The fourth-order valence-electron chi connectivity index (χ4n) is 2.71. The third kappa shape index (κ3) is 9.22. The Kier molecular flexibility index (Phi) is 13.1. The zero-order valence-corrected chi connectivity index (χ0v) is 19.5. The second-order valence-corrected chi connectivity index (χ2v) is 10.8. The minimum absolute atomic E-state index is 0.179. The molecule has 28 heavy (non-hydrogen) atoms. The molecule has 0 aromatic heterocycles. The SMILES string of the molecule is C=C/C(=C(/N=COCC(CC)N(C)CC(=C)CCCC)C(=C)F)S(C)(C)NC. The van der Waals surface area contributed by atoms with E-state index in [1.807, 2.05) is 19.6 Å². The monoisotopic (exact) mass is 413 g/mol. The van der Waals surface area contributed by atoms with Gasteiger partial charge in [-0.05, 0) is 45.9 Å². The molecule has 0 fully saturated rings. The lowest BCUT2D eigenvalue weighted by Crippen LogP contribution is -2.36. The number of allylic oxidation sites excluding steroid dienone is 2. The summed E-state index contributed by atoms with van der Waals surface area (Å²) >= 11 is 0. The van der Waals surface area contributed by atoms with Gasteiger partial charge in [0.2, 0.25) is 0 Å². The Balaban J connectivity index is 5.03. The summed E-state index contributed by atoms with van der Waals surface area (Å²) in [5.41, 5.74) is 1.42. The molecular formula is C22H40FN3OS. The lowest BCUT2D eigenvalue weighted by molar-refractivity contribution is 0.163. The van der Waals surface area contributed by atoms with E-state index in [-0.39, 0.29) is 11.7 Å². The molecule has 0 radical (unpaired) electrons. The minimum Gasteiger partial charge on any atom is -0.481 e. The number of hydrogen-bond donors (Lipinski definition) is 1. The molecule has 1 unspecified atom stereocenters. The molecule has 0 bridgehead atoms. The van der Waals surface area contributed by atoms with Crippen molar-refractivity contribution in [3.8, 4) is 0 Å². The number of ether oxygens (including phenoxy) is 1. The molecule has 0 saturated heterocycles. The topological polar surface area (TPSA) is 36.9 Å². The second kappa shape index (κ2) is 13.7.